The topological polar surface area (TPSA) is 41.1 Å². The summed E-state index contributed by atoms with van der Waals surface area (Å²) in [5.41, 5.74) is 1.64. The van der Waals surface area contributed by atoms with Crippen LogP contribution in [0.5, 0.6) is 0 Å². The summed E-state index contributed by atoms with van der Waals surface area (Å²) >= 11 is 5.94. The van der Waals surface area contributed by atoms with Crippen LogP contribution in [0.15, 0.2) is 18.2 Å². The number of nitrogens with one attached hydrogen (secondary N) is 2. The van der Waals surface area contributed by atoms with Crippen LogP contribution in [-0.4, -0.2) is 25.0 Å². The minimum atomic E-state index is -0.0377. The van der Waals surface area contributed by atoms with Gasteiger partial charge in [0.05, 0.1) is 0 Å². The van der Waals surface area contributed by atoms with Crippen molar-refractivity contribution in [2.24, 2.45) is 0 Å². The van der Waals surface area contributed by atoms with Crippen LogP contribution in [0.4, 0.5) is 0 Å². The van der Waals surface area contributed by atoms with Crippen molar-refractivity contribution in [1.29, 1.82) is 0 Å². The largest absolute Gasteiger partial charge is 0.348 e. The van der Waals surface area contributed by atoms with E-state index in [0.717, 1.165) is 31.5 Å². The predicted octanol–water partition coefficient (Wildman–Crippen LogP) is 2.13. The number of hydrogen-bond donors (Lipinski definition) is 2. The zero-order chi connectivity index (χ0) is 12.3. The zero-order valence-corrected chi connectivity index (χ0v) is 10.7. The van der Waals surface area contributed by atoms with Crippen molar-refractivity contribution >= 4 is 17.5 Å². The number of amides is 1. The molecule has 1 saturated heterocycles. The standard InChI is InChI=1S/C13H17ClN2O/c1-9-5-10(7-11(14)6-9)13(17)16-12-3-2-4-15-8-12/h5-7,12,15H,2-4,8H2,1H3,(H,16,17). The molecule has 1 heterocycles. The van der Waals surface area contributed by atoms with Crippen molar-refractivity contribution < 1.29 is 4.79 Å². The molecular formula is C13H17ClN2O. The van der Waals surface area contributed by atoms with E-state index in [4.69, 9.17) is 11.6 Å². The molecule has 1 atom stereocenters. The quantitative estimate of drug-likeness (QED) is 0.847. The fourth-order valence-electron chi connectivity index (χ4n) is 2.11. The van der Waals surface area contributed by atoms with Crippen molar-refractivity contribution in [3.8, 4) is 0 Å². The van der Waals surface area contributed by atoms with Gasteiger partial charge in [-0.25, -0.2) is 0 Å². The highest BCUT2D eigenvalue weighted by Gasteiger charge is 2.16. The lowest BCUT2D eigenvalue weighted by Crippen LogP contribution is -2.45. The van der Waals surface area contributed by atoms with E-state index in [0.29, 0.717) is 10.6 Å². The second-order valence-electron chi connectivity index (χ2n) is 4.53. The summed E-state index contributed by atoms with van der Waals surface area (Å²) in [6.07, 6.45) is 2.15. The molecule has 0 bridgehead atoms. The summed E-state index contributed by atoms with van der Waals surface area (Å²) in [6.45, 7) is 3.83. The van der Waals surface area contributed by atoms with Crippen LogP contribution in [-0.2, 0) is 0 Å². The van der Waals surface area contributed by atoms with Crippen molar-refractivity contribution in [3.05, 3.63) is 34.3 Å². The molecule has 2 rings (SSSR count). The first-order chi connectivity index (χ1) is 8.15. The molecule has 17 heavy (non-hydrogen) atoms. The normalized spacial score (nSPS) is 20.0. The molecule has 1 fully saturated rings. The van der Waals surface area contributed by atoms with Gasteiger partial charge in [0.15, 0.2) is 0 Å². The number of carbonyl (C=O) groups is 1. The summed E-state index contributed by atoms with van der Waals surface area (Å²) in [6, 6.07) is 5.65. The minimum Gasteiger partial charge on any atom is -0.348 e. The van der Waals surface area contributed by atoms with E-state index < -0.39 is 0 Å². The smallest absolute Gasteiger partial charge is 0.251 e. The van der Waals surface area contributed by atoms with E-state index in [1.807, 2.05) is 19.1 Å². The third-order valence-corrected chi connectivity index (χ3v) is 3.15. The maximum Gasteiger partial charge on any atom is 0.251 e. The molecule has 1 amide bonds. The number of hydrogen-bond acceptors (Lipinski definition) is 2. The highest BCUT2D eigenvalue weighted by molar-refractivity contribution is 6.31. The van der Waals surface area contributed by atoms with E-state index in [1.54, 1.807) is 6.07 Å². The lowest BCUT2D eigenvalue weighted by atomic mass is 10.1. The number of benzene rings is 1. The molecular weight excluding hydrogens is 236 g/mol. The maximum absolute atomic E-state index is 12.0. The summed E-state index contributed by atoms with van der Waals surface area (Å²) in [7, 11) is 0. The van der Waals surface area contributed by atoms with Gasteiger partial charge in [0.2, 0.25) is 0 Å². The maximum atomic E-state index is 12.0. The fraction of sp³-hybridized carbons (Fsp3) is 0.462. The Morgan fingerprint density at radius 1 is 1.47 bits per heavy atom. The van der Waals surface area contributed by atoms with E-state index in [9.17, 15) is 4.79 Å². The fourth-order valence-corrected chi connectivity index (χ4v) is 2.40. The van der Waals surface area contributed by atoms with Gasteiger partial charge in [-0.15, -0.1) is 0 Å². The lowest BCUT2D eigenvalue weighted by Gasteiger charge is -2.23. The summed E-state index contributed by atoms with van der Waals surface area (Å²) in [5.74, 6) is -0.0377. The van der Waals surface area contributed by atoms with Gasteiger partial charge in [0, 0.05) is 23.2 Å². The second kappa shape index (κ2) is 5.52. The van der Waals surface area contributed by atoms with Gasteiger partial charge < -0.3 is 10.6 Å². The van der Waals surface area contributed by atoms with Crippen LogP contribution < -0.4 is 10.6 Å². The number of aryl methyl sites for hydroxylation is 1. The first-order valence-electron chi connectivity index (χ1n) is 5.94. The molecule has 0 aliphatic carbocycles. The number of piperidine rings is 1. The van der Waals surface area contributed by atoms with Gasteiger partial charge in [-0.3, -0.25) is 4.79 Å². The van der Waals surface area contributed by atoms with Crippen LogP contribution >= 0.6 is 11.6 Å². The van der Waals surface area contributed by atoms with Crippen molar-refractivity contribution in [3.63, 3.8) is 0 Å². The summed E-state index contributed by atoms with van der Waals surface area (Å²) in [4.78, 5) is 12.0. The first-order valence-corrected chi connectivity index (χ1v) is 6.32. The van der Waals surface area contributed by atoms with E-state index in [1.165, 1.54) is 0 Å². The molecule has 0 aromatic heterocycles. The lowest BCUT2D eigenvalue weighted by molar-refractivity contribution is 0.0930. The van der Waals surface area contributed by atoms with Crippen LogP contribution in [0.25, 0.3) is 0 Å². The van der Waals surface area contributed by atoms with Gasteiger partial charge in [-0.1, -0.05) is 11.6 Å². The Kier molecular flexibility index (Phi) is 4.02. The van der Waals surface area contributed by atoms with E-state index in [2.05, 4.69) is 10.6 Å². The number of rotatable bonds is 2. The number of carbonyl (C=O) groups excluding carboxylic acids is 1. The molecule has 1 unspecified atom stereocenters. The Morgan fingerprint density at radius 3 is 2.94 bits per heavy atom. The van der Waals surface area contributed by atoms with Crippen molar-refractivity contribution in [1.82, 2.24) is 10.6 Å². The minimum absolute atomic E-state index is 0.0377. The van der Waals surface area contributed by atoms with Crippen LogP contribution in [0.2, 0.25) is 5.02 Å². The van der Waals surface area contributed by atoms with Gasteiger partial charge >= 0.3 is 0 Å². The van der Waals surface area contributed by atoms with Gasteiger partial charge in [0.1, 0.15) is 0 Å². The average molecular weight is 253 g/mol. The molecule has 2 N–H and O–H groups in total. The van der Waals surface area contributed by atoms with Gasteiger partial charge in [-0.2, -0.15) is 0 Å². The van der Waals surface area contributed by atoms with Gasteiger partial charge in [-0.05, 0) is 50.1 Å². The molecule has 0 saturated carbocycles. The Balaban J connectivity index is 2.03. The van der Waals surface area contributed by atoms with Gasteiger partial charge in [0.25, 0.3) is 5.91 Å². The van der Waals surface area contributed by atoms with E-state index >= 15 is 0 Å². The number of halogens is 1. The molecule has 1 aliphatic heterocycles. The highest BCUT2D eigenvalue weighted by Crippen LogP contribution is 2.15. The predicted molar refractivity (Wildman–Crippen MR) is 69.5 cm³/mol. The highest BCUT2D eigenvalue weighted by atomic mass is 35.5. The Morgan fingerprint density at radius 2 is 2.29 bits per heavy atom. The molecule has 0 spiro atoms. The molecule has 1 aromatic rings. The summed E-state index contributed by atoms with van der Waals surface area (Å²) < 4.78 is 0. The molecule has 1 aromatic carbocycles. The average Bonchev–Trinajstić information content (AvgIpc) is 2.29. The second-order valence-corrected chi connectivity index (χ2v) is 4.97. The molecule has 92 valence electrons. The molecule has 0 radical (unpaired) electrons. The SMILES string of the molecule is Cc1cc(Cl)cc(C(=O)NC2CCCNC2)c1. The summed E-state index contributed by atoms with van der Waals surface area (Å²) in [5, 5.41) is 6.91. The monoisotopic (exact) mass is 252 g/mol. The Labute approximate surface area is 107 Å². The van der Waals surface area contributed by atoms with E-state index in [-0.39, 0.29) is 11.9 Å². The van der Waals surface area contributed by atoms with Crippen LogP contribution in [0.1, 0.15) is 28.8 Å². The molecule has 1 aliphatic rings. The van der Waals surface area contributed by atoms with Crippen molar-refractivity contribution in [2.45, 2.75) is 25.8 Å². The van der Waals surface area contributed by atoms with Crippen molar-refractivity contribution in [2.75, 3.05) is 13.1 Å². The Bertz CT molecular complexity index is 394. The molecule has 4 heteroatoms. The Hall–Kier alpha value is -1.06. The van der Waals surface area contributed by atoms with Crippen LogP contribution in [0, 0.1) is 6.92 Å². The van der Waals surface area contributed by atoms with Crippen LogP contribution in [0.3, 0.4) is 0 Å². The first kappa shape index (κ1) is 12.4. The molecule has 3 nitrogen and oxygen atoms in total. The zero-order valence-electron chi connectivity index (χ0n) is 9.92. The third-order valence-electron chi connectivity index (χ3n) is 2.94. The third kappa shape index (κ3) is 3.45.